The van der Waals surface area contributed by atoms with Gasteiger partial charge in [-0.2, -0.15) is 0 Å². The van der Waals surface area contributed by atoms with E-state index in [0.29, 0.717) is 25.9 Å². The summed E-state index contributed by atoms with van der Waals surface area (Å²) >= 11 is 0. The van der Waals surface area contributed by atoms with Crippen LogP contribution in [0, 0.1) is 10.8 Å². The predicted molar refractivity (Wildman–Crippen MR) is 111 cm³/mol. The van der Waals surface area contributed by atoms with Gasteiger partial charge in [0.1, 0.15) is 0 Å². The van der Waals surface area contributed by atoms with Crippen molar-refractivity contribution in [1.29, 1.82) is 0 Å². The maximum atomic E-state index is 12.1. The molecule has 178 valence electrons. The molecule has 2 amide bonds. The van der Waals surface area contributed by atoms with Crippen LogP contribution in [-0.4, -0.2) is 93.4 Å². The summed E-state index contributed by atoms with van der Waals surface area (Å²) in [6.07, 6.45) is -0.439. The minimum absolute atomic E-state index is 0.139. The van der Waals surface area contributed by atoms with Crippen molar-refractivity contribution in [3.63, 3.8) is 0 Å². The van der Waals surface area contributed by atoms with Crippen LogP contribution in [0.3, 0.4) is 0 Å². The van der Waals surface area contributed by atoms with Crippen LogP contribution in [0.25, 0.3) is 0 Å². The first-order valence-corrected chi connectivity index (χ1v) is 10.3. The SMILES string of the molecule is CC(C)(C)C(=O)N1CC[C@H](O)[C@H]1C(=O)O.CO[C@H]1CCN(C(=O)C(C)(C)C)[C@@H]1C(=O)O. The minimum atomic E-state index is -1.14. The molecule has 2 aliphatic heterocycles. The Morgan fingerprint density at radius 3 is 1.52 bits per heavy atom. The van der Waals surface area contributed by atoms with Crippen molar-refractivity contribution in [3.05, 3.63) is 0 Å². The van der Waals surface area contributed by atoms with E-state index in [1.54, 1.807) is 41.5 Å². The van der Waals surface area contributed by atoms with E-state index in [2.05, 4.69) is 0 Å². The second kappa shape index (κ2) is 9.95. The molecule has 0 aromatic heterocycles. The fraction of sp³-hybridized carbons (Fsp3) is 0.810. The third kappa shape index (κ3) is 6.39. The highest BCUT2D eigenvalue weighted by molar-refractivity contribution is 5.88. The molecule has 0 spiro atoms. The number of carboxylic acid groups (broad SMARTS) is 2. The number of ether oxygens (including phenoxy) is 1. The van der Waals surface area contributed by atoms with E-state index in [1.165, 1.54) is 16.9 Å². The van der Waals surface area contributed by atoms with E-state index in [-0.39, 0.29) is 11.8 Å². The molecule has 2 heterocycles. The first-order valence-electron chi connectivity index (χ1n) is 10.3. The number of likely N-dealkylation sites (tertiary alicyclic amines) is 2. The third-order valence-electron chi connectivity index (χ3n) is 5.32. The van der Waals surface area contributed by atoms with Gasteiger partial charge in [0.05, 0.1) is 12.2 Å². The zero-order valence-corrected chi connectivity index (χ0v) is 19.4. The topological polar surface area (TPSA) is 145 Å². The van der Waals surface area contributed by atoms with Crippen molar-refractivity contribution >= 4 is 23.8 Å². The van der Waals surface area contributed by atoms with E-state index < -0.39 is 47.1 Å². The lowest BCUT2D eigenvalue weighted by Crippen LogP contribution is -2.49. The molecule has 0 unspecified atom stereocenters. The molecule has 0 radical (unpaired) electrons. The fourth-order valence-corrected chi connectivity index (χ4v) is 3.69. The number of carbonyl (C=O) groups excluding carboxylic acids is 2. The largest absolute Gasteiger partial charge is 0.480 e. The van der Waals surface area contributed by atoms with Crippen LogP contribution in [0.2, 0.25) is 0 Å². The maximum absolute atomic E-state index is 12.1. The Morgan fingerprint density at radius 1 is 0.774 bits per heavy atom. The van der Waals surface area contributed by atoms with Crippen molar-refractivity contribution in [3.8, 4) is 0 Å². The van der Waals surface area contributed by atoms with E-state index in [4.69, 9.17) is 14.9 Å². The average Bonchev–Trinajstić information content (AvgIpc) is 3.22. The van der Waals surface area contributed by atoms with Gasteiger partial charge in [-0.15, -0.1) is 0 Å². The Kier molecular flexibility index (Phi) is 8.61. The standard InChI is InChI=1S/C11H19NO4.C10H17NO4/c1-11(2,3)10(15)12-6-5-7(16-4)8(12)9(13)14;1-10(2,3)9(15)11-5-4-6(12)7(11)8(13)14/h7-8H,5-6H2,1-4H3,(H,13,14);6-7,12H,4-5H2,1-3H3,(H,13,14)/t7-,8-;6-,7-/m00/s1. The molecule has 3 N–H and O–H groups in total. The normalized spacial score (nSPS) is 26.3. The number of carboxylic acids is 2. The molecule has 0 bridgehead atoms. The molecule has 0 aromatic carbocycles. The Bertz CT molecular complexity index is 694. The highest BCUT2D eigenvalue weighted by Gasteiger charge is 2.45. The zero-order chi connectivity index (χ0) is 24.3. The number of aliphatic hydroxyl groups excluding tert-OH is 1. The molecule has 0 saturated carbocycles. The van der Waals surface area contributed by atoms with Crippen molar-refractivity contribution in [2.45, 2.75) is 78.7 Å². The molecule has 4 atom stereocenters. The molecule has 0 aromatic rings. The minimum Gasteiger partial charge on any atom is -0.480 e. The van der Waals surface area contributed by atoms with Crippen LogP contribution in [0.5, 0.6) is 0 Å². The van der Waals surface area contributed by atoms with E-state index in [9.17, 15) is 24.3 Å². The molecule has 31 heavy (non-hydrogen) atoms. The summed E-state index contributed by atoms with van der Waals surface area (Å²) in [6, 6.07) is -1.94. The van der Waals surface area contributed by atoms with E-state index in [1.807, 2.05) is 0 Å². The zero-order valence-electron chi connectivity index (χ0n) is 19.4. The Labute approximate surface area is 183 Å². The summed E-state index contributed by atoms with van der Waals surface area (Å²) in [7, 11) is 1.48. The summed E-state index contributed by atoms with van der Waals surface area (Å²) in [4.78, 5) is 48.6. The lowest BCUT2D eigenvalue weighted by molar-refractivity contribution is -0.155. The number of amides is 2. The van der Waals surface area contributed by atoms with Gasteiger partial charge in [0.15, 0.2) is 12.1 Å². The molecular formula is C21H36N2O8. The smallest absolute Gasteiger partial charge is 0.329 e. The van der Waals surface area contributed by atoms with Crippen molar-refractivity contribution in [2.75, 3.05) is 20.2 Å². The molecule has 10 nitrogen and oxygen atoms in total. The molecule has 2 rings (SSSR count). The van der Waals surface area contributed by atoms with Gasteiger partial charge in [-0.25, -0.2) is 9.59 Å². The second-order valence-electron chi connectivity index (χ2n) is 9.98. The van der Waals surface area contributed by atoms with Gasteiger partial charge in [0.2, 0.25) is 11.8 Å². The Hall–Kier alpha value is -2.20. The van der Waals surface area contributed by atoms with E-state index in [0.717, 1.165) is 0 Å². The van der Waals surface area contributed by atoms with Gasteiger partial charge in [-0.05, 0) is 12.8 Å². The Balaban J connectivity index is 0.000000311. The number of aliphatic carboxylic acids is 2. The Morgan fingerprint density at radius 2 is 1.16 bits per heavy atom. The summed E-state index contributed by atoms with van der Waals surface area (Å²) < 4.78 is 5.10. The van der Waals surface area contributed by atoms with E-state index >= 15 is 0 Å². The summed E-state index contributed by atoms with van der Waals surface area (Å²) in [5.41, 5.74) is -1.17. The number of carbonyl (C=O) groups is 4. The number of methoxy groups -OCH3 is 1. The molecule has 2 aliphatic rings. The van der Waals surface area contributed by atoms with Crippen LogP contribution in [0.15, 0.2) is 0 Å². The molecule has 2 fully saturated rings. The quantitative estimate of drug-likeness (QED) is 0.580. The first-order chi connectivity index (χ1) is 14.0. The fourth-order valence-electron chi connectivity index (χ4n) is 3.69. The molecule has 2 saturated heterocycles. The first kappa shape index (κ1) is 26.8. The third-order valence-corrected chi connectivity index (χ3v) is 5.32. The van der Waals surface area contributed by atoms with Crippen molar-refractivity contribution < 1.29 is 39.2 Å². The monoisotopic (exact) mass is 444 g/mol. The lowest BCUT2D eigenvalue weighted by Gasteiger charge is -2.29. The van der Waals surface area contributed by atoms with Crippen molar-refractivity contribution in [2.24, 2.45) is 10.8 Å². The lowest BCUT2D eigenvalue weighted by atomic mass is 9.94. The van der Waals surface area contributed by atoms with Crippen LogP contribution in [0.4, 0.5) is 0 Å². The highest BCUT2D eigenvalue weighted by Crippen LogP contribution is 2.27. The van der Waals surface area contributed by atoms with Gasteiger partial charge >= 0.3 is 11.9 Å². The van der Waals surface area contributed by atoms with Crippen LogP contribution in [0.1, 0.15) is 54.4 Å². The number of hydrogen-bond donors (Lipinski definition) is 3. The summed E-state index contributed by atoms with van der Waals surface area (Å²) in [5, 5.41) is 27.5. The van der Waals surface area contributed by atoms with Crippen molar-refractivity contribution in [1.82, 2.24) is 9.80 Å². The summed E-state index contributed by atoms with van der Waals surface area (Å²) in [6.45, 7) is 11.3. The number of rotatable bonds is 3. The predicted octanol–water partition coefficient (Wildman–Crippen LogP) is 0.812. The van der Waals surface area contributed by atoms with Gasteiger partial charge in [-0.1, -0.05) is 41.5 Å². The second-order valence-corrected chi connectivity index (χ2v) is 9.98. The number of aliphatic hydroxyl groups is 1. The average molecular weight is 445 g/mol. The number of nitrogens with zero attached hydrogens (tertiary/aromatic N) is 2. The van der Waals surface area contributed by atoms with Crippen LogP contribution in [-0.2, 0) is 23.9 Å². The van der Waals surface area contributed by atoms with Crippen LogP contribution < -0.4 is 0 Å². The number of hydrogen-bond acceptors (Lipinski definition) is 6. The van der Waals surface area contributed by atoms with Gasteiger partial charge in [0, 0.05) is 31.0 Å². The van der Waals surface area contributed by atoms with Gasteiger partial charge in [0.25, 0.3) is 0 Å². The van der Waals surface area contributed by atoms with Gasteiger partial charge in [-0.3, -0.25) is 9.59 Å². The van der Waals surface area contributed by atoms with Crippen LogP contribution >= 0.6 is 0 Å². The molecular weight excluding hydrogens is 408 g/mol. The molecule has 0 aliphatic carbocycles. The summed E-state index contributed by atoms with van der Waals surface area (Å²) in [5.74, 6) is -2.51. The maximum Gasteiger partial charge on any atom is 0.329 e. The highest BCUT2D eigenvalue weighted by atomic mass is 16.5. The van der Waals surface area contributed by atoms with Gasteiger partial charge < -0.3 is 29.9 Å². The molecule has 10 heteroatoms.